The zero-order valence-electron chi connectivity index (χ0n) is 9.30. The van der Waals surface area contributed by atoms with E-state index in [4.69, 9.17) is 10.5 Å². The molecule has 17 heavy (non-hydrogen) atoms. The van der Waals surface area contributed by atoms with E-state index in [1.165, 1.54) is 13.3 Å². The molecule has 1 unspecified atom stereocenters. The lowest BCUT2D eigenvalue weighted by molar-refractivity contribution is 0.390. The van der Waals surface area contributed by atoms with Crippen LogP contribution in [0, 0.1) is 5.82 Å². The number of ether oxygens (including phenoxy) is 1. The molecule has 2 aromatic rings. The van der Waals surface area contributed by atoms with E-state index in [9.17, 15) is 4.39 Å². The van der Waals surface area contributed by atoms with Gasteiger partial charge in [0.2, 0.25) is 5.88 Å². The van der Waals surface area contributed by atoms with Crippen LogP contribution in [0.1, 0.15) is 17.2 Å². The molecule has 0 aliphatic heterocycles. The van der Waals surface area contributed by atoms with Crippen LogP contribution in [0.15, 0.2) is 36.8 Å². The van der Waals surface area contributed by atoms with Gasteiger partial charge in [-0.2, -0.15) is 0 Å². The van der Waals surface area contributed by atoms with E-state index < -0.39 is 11.9 Å². The lowest BCUT2D eigenvalue weighted by atomic mass is 10.0. The number of rotatable bonds is 3. The first-order valence-electron chi connectivity index (χ1n) is 5.08. The van der Waals surface area contributed by atoms with Crippen LogP contribution < -0.4 is 10.5 Å². The third kappa shape index (κ3) is 2.24. The van der Waals surface area contributed by atoms with Crippen molar-refractivity contribution in [3.05, 3.63) is 53.7 Å². The van der Waals surface area contributed by atoms with E-state index in [1.54, 1.807) is 24.4 Å². The predicted molar refractivity (Wildman–Crippen MR) is 61.0 cm³/mol. The Morgan fingerprint density at radius 1 is 1.29 bits per heavy atom. The molecule has 0 aromatic carbocycles. The zero-order valence-corrected chi connectivity index (χ0v) is 9.30. The molecular formula is C12H12FN3O. The maximum absolute atomic E-state index is 13.6. The summed E-state index contributed by atoms with van der Waals surface area (Å²) in [6.45, 7) is 0. The molecule has 0 saturated carbocycles. The molecule has 2 aromatic heterocycles. The first-order valence-corrected chi connectivity index (χ1v) is 5.08. The quantitative estimate of drug-likeness (QED) is 0.876. The molecule has 2 heterocycles. The summed E-state index contributed by atoms with van der Waals surface area (Å²) in [6, 6.07) is 4.42. The maximum Gasteiger partial charge on any atom is 0.218 e. The van der Waals surface area contributed by atoms with E-state index in [-0.39, 0.29) is 0 Å². The van der Waals surface area contributed by atoms with Crippen molar-refractivity contribution in [2.75, 3.05) is 7.11 Å². The van der Waals surface area contributed by atoms with Crippen molar-refractivity contribution in [2.24, 2.45) is 5.73 Å². The minimum absolute atomic E-state index is 0.367. The van der Waals surface area contributed by atoms with Crippen LogP contribution in [-0.2, 0) is 0 Å². The molecule has 5 heteroatoms. The fourth-order valence-corrected chi connectivity index (χ4v) is 1.62. The lowest BCUT2D eigenvalue weighted by Gasteiger charge is -2.15. The van der Waals surface area contributed by atoms with Gasteiger partial charge in [0.25, 0.3) is 0 Å². The highest BCUT2D eigenvalue weighted by Crippen LogP contribution is 2.27. The molecule has 0 aliphatic rings. The molecule has 0 spiro atoms. The minimum atomic E-state index is -0.623. The van der Waals surface area contributed by atoms with Crippen molar-refractivity contribution in [2.45, 2.75) is 6.04 Å². The van der Waals surface area contributed by atoms with E-state index in [2.05, 4.69) is 9.97 Å². The summed E-state index contributed by atoms with van der Waals surface area (Å²) < 4.78 is 18.7. The second kappa shape index (κ2) is 4.88. The second-order valence-corrected chi connectivity index (χ2v) is 3.48. The molecule has 0 bridgehead atoms. The smallest absolute Gasteiger partial charge is 0.218 e. The Bertz CT molecular complexity index is 519. The van der Waals surface area contributed by atoms with Crippen molar-refractivity contribution in [1.29, 1.82) is 0 Å². The molecule has 0 fully saturated rings. The number of hydrogen-bond donors (Lipinski definition) is 1. The fourth-order valence-electron chi connectivity index (χ4n) is 1.62. The van der Waals surface area contributed by atoms with Crippen molar-refractivity contribution in [1.82, 2.24) is 9.97 Å². The highest BCUT2D eigenvalue weighted by Gasteiger charge is 2.17. The van der Waals surface area contributed by atoms with Crippen LogP contribution >= 0.6 is 0 Å². The van der Waals surface area contributed by atoms with Gasteiger partial charge in [-0.1, -0.05) is 6.07 Å². The number of nitrogens with zero attached hydrogens (tertiary/aromatic N) is 2. The number of hydrogen-bond acceptors (Lipinski definition) is 4. The molecular weight excluding hydrogens is 221 g/mol. The van der Waals surface area contributed by atoms with Gasteiger partial charge < -0.3 is 10.5 Å². The van der Waals surface area contributed by atoms with Crippen LogP contribution in [0.25, 0.3) is 0 Å². The molecule has 2 rings (SSSR count). The van der Waals surface area contributed by atoms with Gasteiger partial charge in [0.05, 0.1) is 19.3 Å². The predicted octanol–water partition coefficient (Wildman–Crippen LogP) is 1.67. The van der Waals surface area contributed by atoms with E-state index in [0.717, 1.165) is 6.20 Å². The van der Waals surface area contributed by atoms with Crippen LogP contribution in [0.5, 0.6) is 5.88 Å². The highest BCUT2D eigenvalue weighted by atomic mass is 19.1. The topological polar surface area (TPSA) is 61.0 Å². The van der Waals surface area contributed by atoms with E-state index in [1.807, 2.05) is 0 Å². The third-order valence-corrected chi connectivity index (χ3v) is 2.47. The number of methoxy groups -OCH3 is 1. The average Bonchev–Trinajstić information content (AvgIpc) is 2.38. The largest absolute Gasteiger partial charge is 0.481 e. The summed E-state index contributed by atoms with van der Waals surface area (Å²) in [6.07, 6.45) is 4.23. The van der Waals surface area contributed by atoms with E-state index in [0.29, 0.717) is 17.0 Å². The molecule has 4 nitrogen and oxygen atoms in total. The normalized spacial score (nSPS) is 12.2. The monoisotopic (exact) mass is 233 g/mol. The van der Waals surface area contributed by atoms with Gasteiger partial charge in [-0.15, -0.1) is 0 Å². The van der Waals surface area contributed by atoms with Gasteiger partial charge in [0.1, 0.15) is 5.82 Å². The summed E-state index contributed by atoms with van der Waals surface area (Å²) >= 11 is 0. The summed E-state index contributed by atoms with van der Waals surface area (Å²) in [4.78, 5) is 7.72. The summed E-state index contributed by atoms with van der Waals surface area (Å²) in [5.41, 5.74) is 7.01. The number of pyridine rings is 2. The first kappa shape index (κ1) is 11.5. The molecule has 1 atom stereocenters. The lowest BCUT2D eigenvalue weighted by Crippen LogP contribution is -2.15. The van der Waals surface area contributed by atoms with Crippen LogP contribution in [0.2, 0.25) is 0 Å². The van der Waals surface area contributed by atoms with Crippen molar-refractivity contribution in [3.8, 4) is 5.88 Å². The van der Waals surface area contributed by atoms with Crippen LogP contribution in [-0.4, -0.2) is 17.1 Å². The van der Waals surface area contributed by atoms with Crippen molar-refractivity contribution >= 4 is 0 Å². The highest BCUT2D eigenvalue weighted by molar-refractivity contribution is 5.36. The molecule has 0 saturated heterocycles. The minimum Gasteiger partial charge on any atom is -0.481 e. The number of aromatic nitrogens is 2. The fraction of sp³-hybridized carbons (Fsp3) is 0.167. The van der Waals surface area contributed by atoms with Gasteiger partial charge in [-0.3, -0.25) is 4.98 Å². The Balaban J connectivity index is 2.44. The van der Waals surface area contributed by atoms with Gasteiger partial charge in [0, 0.05) is 23.5 Å². The summed E-state index contributed by atoms with van der Waals surface area (Å²) in [7, 11) is 1.50. The SMILES string of the molecule is COc1ncccc1C(N)c1ccncc1F. The van der Waals surface area contributed by atoms with Gasteiger partial charge in [-0.25, -0.2) is 9.37 Å². The Morgan fingerprint density at radius 3 is 2.82 bits per heavy atom. The molecule has 2 N–H and O–H groups in total. The molecule has 0 aliphatic carbocycles. The van der Waals surface area contributed by atoms with Crippen molar-refractivity contribution < 1.29 is 9.13 Å². The first-order chi connectivity index (χ1) is 8.24. The summed E-state index contributed by atoms with van der Waals surface area (Å²) in [5.74, 6) is -0.0397. The van der Waals surface area contributed by atoms with Gasteiger partial charge >= 0.3 is 0 Å². The Morgan fingerprint density at radius 2 is 2.12 bits per heavy atom. The maximum atomic E-state index is 13.6. The number of halogens is 1. The van der Waals surface area contributed by atoms with Crippen LogP contribution in [0.3, 0.4) is 0 Å². The second-order valence-electron chi connectivity index (χ2n) is 3.48. The van der Waals surface area contributed by atoms with Crippen molar-refractivity contribution in [3.63, 3.8) is 0 Å². The number of nitrogens with two attached hydrogens (primary N) is 1. The van der Waals surface area contributed by atoms with Crippen LogP contribution in [0.4, 0.5) is 4.39 Å². The molecule has 0 amide bonds. The Hall–Kier alpha value is -2.01. The van der Waals surface area contributed by atoms with Gasteiger partial charge in [-0.05, 0) is 12.1 Å². The summed E-state index contributed by atoms with van der Waals surface area (Å²) in [5, 5.41) is 0. The molecule has 88 valence electrons. The average molecular weight is 233 g/mol. The zero-order chi connectivity index (χ0) is 12.3. The van der Waals surface area contributed by atoms with Gasteiger partial charge in [0.15, 0.2) is 0 Å². The Labute approximate surface area is 98.3 Å². The standard InChI is InChI=1S/C12H12FN3O/c1-17-12-9(3-2-5-16-12)11(14)8-4-6-15-7-10(8)13/h2-7,11H,14H2,1H3. The third-order valence-electron chi connectivity index (χ3n) is 2.47. The van der Waals surface area contributed by atoms with E-state index >= 15 is 0 Å². The Kier molecular flexibility index (Phi) is 3.30. The molecule has 0 radical (unpaired) electrons.